The molecule has 0 aliphatic rings. The fraction of sp³-hybridized carbons (Fsp3) is 0. The van der Waals surface area contributed by atoms with Crippen molar-refractivity contribution in [2.24, 2.45) is 0 Å². The van der Waals surface area contributed by atoms with E-state index in [0.717, 1.165) is 10.2 Å². The van der Waals surface area contributed by atoms with Crippen molar-refractivity contribution in [2.75, 3.05) is 0 Å². The summed E-state index contributed by atoms with van der Waals surface area (Å²) in [6, 6.07) is 12.8. The molecule has 0 fully saturated rings. The first-order valence-electron chi connectivity index (χ1n) is 6.15. The van der Waals surface area contributed by atoms with E-state index in [0.29, 0.717) is 11.4 Å². The number of benzene rings is 1. The highest BCUT2D eigenvalue weighted by Crippen LogP contribution is 2.22. The molecule has 5 nitrogen and oxygen atoms in total. The largest absolute Gasteiger partial charge is 0.478 e. The van der Waals surface area contributed by atoms with E-state index in [9.17, 15) is 9.90 Å². The smallest absolute Gasteiger partial charge is 0.339 e. The molecule has 3 rings (SSSR count). The van der Waals surface area contributed by atoms with E-state index in [1.807, 2.05) is 24.3 Å². The lowest BCUT2D eigenvalue weighted by atomic mass is 10.2. The molecule has 0 spiro atoms. The predicted octanol–water partition coefficient (Wildman–Crippen LogP) is 3.40. The monoisotopic (exact) mass is 343 g/mol. The Kier molecular flexibility index (Phi) is 3.53. The third-order valence-corrected chi connectivity index (χ3v) is 3.47. The van der Waals surface area contributed by atoms with Gasteiger partial charge < -0.3 is 5.11 Å². The zero-order valence-electron chi connectivity index (χ0n) is 10.8. The highest BCUT2D eigenvalue weighted by molar-refractivity contribution is 9.10. The quantitative estimate of drug-likeness (QED) is 0.791. The van der Waals surface area contributed by atoms with Gasteiger partial charge in [-0.1, -0.05) is 22.0 Å². The first kappa shape index (κ1) is 13.5. The number of carboxylic acid groups (broad SMARTS) is 1. The van der Waals surface area contributed by atoms with Crippen LogP contribution in [0.25, 0.3) is 17.1 Å². The number of hydrogen-bond acceptors (Lipinski definition) is 3. The highest BCUT2D eigenvalue weighted by Gasteiger charge is 2.18. The van der Waals surface area contributed by atoms with Crippen LogP contribution in [0.1, 0.15) is 10.4 Å². The van der Waals surface area contributed by atoms with Crippen LogP contribution in [0, 0.1) is 0 Å². The number of rotatable bonds is 3. The van der Waals surface area contributed by atoms with Crippen molar-refractivity contribution >= 4 is 21.9 Å². The van der Waals surface area contributed by atoms with Crippen LogP contribution in [0.5, 0.6) is 0 Å². The van der Waals surface area contributed by atoms with Crippen LogP contribution < -0.4 is 0 Å². The Morgan fingerprint density at radius 2 is 1.90 bits per heavy atom. The number of hydrogen-bond donors (Lipinski definition) is 1. The van der Waals surface area contributed by atoms with Crippen LogP contribution in [-0.4, -0.2) is 25.8 Å². The van der Waals surface area contributed by atoms with Gasteiger partial charge in [-0.15, -0.1) is 0 Å². The van der Waals surface area contributed by atoms with E-state index in [4.69, 9.17) is 0 Å². The van der Waals surface area contributed by atoms with Crippen LogP contribution in [0.15, 0.2) is 59.3 Å². The Morgan fingerprint density at radius 1 is 1.14 bits per heavy atom. The molecule has 0 saturated carbocycles. The van der Waals surface area contributed by atoms with Crippen molar-refractivity contribution in [1.29, 1.82) is 0 Å². The van der Waals surface area contributed by atoms with Gasteiger partial charge in [-0.3, -0.25) is 4.98 Å². The maximum absolute atomic E-state index is 11.4. The lowest BCUT2D eigenvalue weighted by molar-refractivity contribution is 0.0697. The first-order chi connectivity index (χ1) is 10.1. The summed E-state index contributed by atoms with van der Waals surface area (Å²) >= 11 is 3.36. The molecular weight excluding hydrogens is 334 g/mol. The van der Waals surface area contributed by atoms with Gasteiger partial charge in [0.2, 0.25) is 0 Å². The molecule has 0 aliphatic carbocycles. The minimum absolute atomic E-state index is 0.122. The van der Waals surface area contributed by atoms with Crippen molar-refractivity contribution in [3.63, 3.8) is 0 Å². The summed E-state index contributed by atoms with van der Waals surface area (Å²) in [4.78, 5) is 15.6. The summed E-state index contributed by atoms with van der Waals surface area (Å²) in [6.07, 6.45) is 3.11. The third-order valence-electron chi connectivity index (χ3n) is 2.94. The van der Waals surface area contributed by atoms with E-state index in [2.05, 4.69) is 26.0 Å². The Hall–Kier alpha value is -2.47. The Morgan fingerprint density at radius 3 is 2.52 bits per heavy atom. The number of carbonyl (C=O) groups is 1. The van der Waals surface area contributed by atoms with Crippen molar-refractivity contribution in [2.45, 2.75) is 0 Å². The Bertz CT molecular complexity index is 782. The number of aromatic carboxylic acids is 1. The van der Waals surface area contributed by atoms with Crippen LogP contribution in [0.2, 0.25) is 0 Å². The SMILES string of the molecule is O=C(O)c1cn(-c2ccc(Br)cc2)nc1-c1ccccn1. The molecule has 2 aromatic heterocycles. The summed E-state index contributed by atoms with van der Waals surface area (Å²) in [7, 11) is 0. The van der Waals surface area contributed by atoms with Crippen molar-refractivity contribution in [3.05, 3.63) is 64.9 Å². The number of nitrogens with zero attached hydrogens (tertiary/aromatic N) is 3. The molecule has 21 heavy (non-hydrogen) atoms. The highest BCUT2D eigenvalue weighted by atomic mass is 79.9. The number of carboxylic acids is 1. The molecule has 0 amide bonds. The molecule has 0 bridgehead atoms. The Labute approximate surface area is 129 Å². The third kappa shape index (κ3) is 2.71. The van der Waals surface area contributed by atoms with Gasteiger partial charge in [0.25, 0.3) is 0 Å². The van der Waals surface area contributed by atoms with Crippen molar-refractivity contribution in [3.8, 4) is 17.1 Å². The lowest BCUT2D eigenvalue weighted by Crippen LogP contribution is -1.97. The van der Waals surface area contributed by atoms with Gasteiger partial charge in [0, 0.05) is 16.9 Å². The molecule has 6 heteroatoms. The zero-order valence-corrected chi connectivity index (χ0v) is 12.4. The average molecular weight is 344 g/mol. The molecule has 3 aromatic rings. The van der Waals surface area contributed by atoms with Gasteiger partial charge in [0.15, 0.2) is 0 Å². The van der Waals surface area contributed by atoms with Gasteiger partial charge in [-0.2, -0.15) is 5.10 Å². The lowest BCUT2D eigenvalue weighted by Gasteiger charge is -2.00. The van der Waals surface area contributed by atoms with E-state index >= 15 is 0 Å². The van der Waals surface area contributed by atoms with Crippen LogP contribution in [0.4, 0.5) is 0 Å². The number of halogens is 1. The van der Waals surface area contributed by atoms with Gasteiger partial charge >= 0.3 is 5.97 Å². The van der Waals surface area contributed by atoms with Crippen LogP contribution >= 0.6 is 15.9 Å². The summed E-state index contributed by atoms with van der Waals surface area (Å²) in [5.41, 5.74) is 1.79. The van der Waals surface area contributed by atoms with E-state index in [1.165, 1.54) is 6.20 Å². The standard InChI is InChI=1S/C15H10BrN3O2/c16-10-4-6-11(7-5-10)19-9-12(15(20)21)14(18-19)13-3-1-2-8-17-13/h1-9H,(H,20,21). The number of pyridine rings is 1. The molecule has 0 radical (unpaired) electrons. The first-order valence-corrected chi connectivity index (χ1v) is 6.95. The number of aromatic nitrogens is 3. The molecule has 0 unspecified atom stereocenters. The summed E-state index contributed by atoms with van der Waals surface area (Å²) in [6.45, 7) is 0. The molecule has 0 atom stereocenters. The predicted molar refractivity (Wildman–Crippen MR) is 81.5 cm³/mol. The van der Waals surface area contributed by atoms with Gasteiger partial charge in [-0.05, 0) is 36.4 Å². The maximum atomic E-state index is 11.4. The normalized spacial score (nSPS) is 10.5. The molecule has 0 saturated heterocycles. The van der Waals surface area contributed by atoms with Gasteiger partial charge in [0.05, 0.1) is 11.4 Å². The average Bonchev–Trinajstić information content (AvgIpc) is 2.94. The molecule has 2 heterocycles. The second-order valence-corrected chi connectivity index (χ2v) is 5.25. The minimum Gasteiger partial charge on any atom is -0.478 e. The topological polar surface area (TPSA) is 68.0 Å². The van der Waals surface area contributed by atoms with Gasteiger partial charge in [0.1, 0.15) is 11.3 Å². The summed E-state index contributed by atoms with van der Waals surface area (Å²) in [5.74, 6) is -1.03. The van der Waals surface area contributed by atoms with E-state index in [-0.39, 0.29) is 5.56 Å². The molecule has 1 aromatic carbocycles. The molecule has 1 N–H and O–H groups in total. The van der Waals surface area contributed by atoms with Crippen LogP contribution in [0.3, 0.4) is 0 Å². The second kappa shape index (κ2) is 5.49. The second-order valence-electron chi connectivity index (χ2n) is 4.33. The summed E-state index contributed by atoms with van der Waals surface area (Å²) < 4.78 is 2.49. The van der Waals surface area contributed by atoms with Crippen LogP contribution in [-0.2, 0) is 0 Å². The van der Waals surface area contributed by atoms with Crippen molar-refractivity contribution < 1.29 is 9.90 Å². The van der Waals surface area contributed by atoms with Crippen molar-refractivity contribution in [1.82, 2.24) is 14.8 Å². The Balaban J connectivity index is 2.13. The molecule has 0 aliphatic heterocycles. The minimum atomic E-state index is -1.03. The molecular formula is C15H10BrN3O2. The maximum Gasteiger partial charge on any atom is 0.339 e. The van der Waals surface area contributed by atoms with E-state index < -0.39 is 5.97 Å². The molecule has 104 valence electrons. The summed E-state index contributed by atoms with van der Waals surface area (Å²) in [5, 5.41) is 13.7. The van der Waals surface area contributed by atoms with E-state index in [1.54, 1.807) is 29.1 Å². The van der Waals surface area contributed by atoms with Gasteiger partial charge in [-0.25, -0.2) is 9.48 Å². The fourth-order valence-corrected chi connectivity index (χ4v) is 2.21. The zero-order chi connectivity index (χ0) is 14.8. The fourth-order valence-electron chi connectivity index (χ4n) is 1.95.